The maximum Gasteiger partial charge on any atom is 0.269 e. The zero-order valence-corrected chi connectivity index (χ0v) is 24.8. The zero-order valence-electron chi connectivity index (χ0n) is 24.8. The summed E-state index contributed by atoms with van der Waals surface area (Å²) in [5.74, 6) is 0.831. The van der Waals surface area contributed by atoms with Crippen molar-refractivity contribution in [3.05, 3.63) is 154 Å². The van der Waals surface area contributed by atoms with E-state index in [0.717, 1.165) is 58.0 Å². The molecule has 0 spiro atoms. The first-order valence-electron chi connectivity index (χ1n) is 14.5. The molecular weight excluding hydrogens is 548 g/mol. The second-order valence-electron chi connectivity index (χ2n) is 10.4. The van der Waals surface area contributed by atoms with Crippen LogP contribution in [-0.4, -0.2) is 11.5 Å². The molecule has 0 fully saturated rings. The van der Waals surface area contributed by atoms with Gasteiger partial charge >= 0.3 is 0 Å². The van der Waals surface area contributed by atoms with Crippen LogP contribution in [0.25, 0.3) is 6.08 Å². The average molecular weight is 583 g/mol. The minimum Gasteiger partial charge on any atom is -0.493 e. The molecule has 0 aliphatic heterocycles. The van der Waals surface area contributed by atoms with Gasteiger partial charge in [0.15, 0.2) is 0 Å². The Morgan fingerprint density at radius 1 is 0.750 bits per heavy atom. The molecule has 0 radical (unpaired) electrons. The fourth-order valence-electron chi connectivity index (χ4n) is 4.73. The fraction of sp³-hybridized carbons (Fsp3) is 0.135. The SMILES string of the molecule is Cc1cc(OCCC/C=C/c2ccc(N(c3ccccc3)c3ccccc3)cc2)c(C)cc1N=Nc1ccc([N+](=O)[O-])cc1. The van der Waals surface area contributed by atoms with E-state index in [4.69, 9.17) is 4.74 Å². The highest BCUT2D eigenvalue weighted by molar-refractivity contribution is 5.76. The molecule has 0 saturated carbocycles. The van der Waals surface area contributed by atoms with Crippen LogP contribution in [0.2, 0.25) is 0 Å². The van der Waals surface area contributed by atoms with Crippen LogP contribution >= 0.6 is 0 Å². The summed E-state index contributed by atoms with van der Waals surface area (Å²) in [5.41, 5.74) is 7.73. The van der Waals surface area contributed by atoms with Gasteiger partial charge in [0.1, 0.15) is 5.75 Å². The Hall–Kier alpha value is -5.56. The van der Waals surface area contributed by atoms with Crippen molar-refractivity contribution in [2.75, 3.05) is 11.5 Å². The summed E-state index contributed by atoms with van der Waals surface area (Å²) >= 11 is 0. The van der Waals surface area contributed by atoms with Crippen LogP contribution in [0, 0.1) is 24.0 Å². The standard InChI is InChI=1S/C37H34N4O3/c1-28-27-37(29(2)26-36(28)39-38-31-19-23-35(24-20-31)41(42)43)44-25-11-5-6-12-30-17-21-34(22-18-30)40(32-13-7-3-8-14-32)33-15-9-4-10-16-33/h3-4,6-10,12-24,26-27H,5,11,25H2,1-2H3/b12-6+,39-38?. The van der Waals surface area contributed by atoms with Crippen LogP contribution < -0.4 is 9.64 Å². The number of unbranched alkanes of at least 4 members (excludes halogenated alkanes) is 1. The summed E-state index contributed by atoms with van der Waals surface area (Å²) in [6.07, 6.45) is 6.13. The van der Waals surface area contributed by atoms with Crippen molar-refractivity contribution in [1.29, 1.82) is 0 Å². The molecule has 220 valence electrons. The zero-order chi connectivity index (χ0) is 30.7. The van der Waals surface area contributed by atoms with Crippen molar-refractivity contribution in [1.82, 2.24) is 0 Å². The Kier molecular flexibility index (Phi) is 9.90. The molecule has 0 N–H and O–H groups in total. The third kappa shape index (κ3) is 7.83. The Labute approximate surface area is 257 Å². The van der Waals surface area contributed by atoms with E-state index in [1.165, 1.54) is 12.1 Å². The predicted molar refractivity (Wildman–Crippen MR) is 178 cm³/mol. The molecule has 7 nitrogen and oxygen atoms in total. The van der Waals surface area contributed by atoms with Gasteiger partial charge in [-0.2, -0.15) is 10.2 Å². The number of benzene rings is 5. The maximum atomic E-state index is 10.8. The average Bonchev–Trinajstić information content (AvgIpc) is 3.05. The van der Waals surface area contributed by atoms with Crippen molar-refractivity contribution < 1.29 is 9.66 Å². The minimum absolute atomic E-state index is 0.0248. The maximum absolute atomic E-state index is 10.8. The first kappa shape index (κ1) is 29.9. The predicted octanol–water partition coefficient (Wildman–Crippen LogP) is 11.0. The summed E-state index contributed by atoms with van der Waals surface area (Å²) in [5, 5.41) is 19.4. The first-order valence-corrected chi connectivity index (χ1v) is 14.5. The van der Waals surface area contributed by atoms with Crippen molar-refractivity contribution >= 4 is 40.2 Å². The Bertz CT molecular complexity index is 1700. The Balaban J connectivity index is 1.13. The number of azo groups is 1. The number of non-ortho nitro benzene ring substituents is 1. The van der Waals surface area contributed by atoms with Crippen molar-refractivity contribution in [3.8, 4) is 5.75 Å². The summed E-state index contributed by atoms with van der Waals surface area (Å²) in [7, 11) is 0. The van der Waals surface area contributed by atoms with Gasteiger partial charge in [0.2, 0.25) is 0 Å². The van der Waals surface area contributed by atoms with Gasteiger partial charge < -0.3 is 9.64 Å². The number of nitrogens with zero attached hydrogens (tertiary/aromatic N) is 4. The lowest BCUT2D eigenvalue weighted by atomic mass is 10.1. The normalized spacial score (nSPS) is 11.2. The fourth-order valence-corrected chi connectivity index (χ4v) is 4.73. The second-order valence-corrected chi connectivity index (χ2v) is 10.4. The van der Waals surface area contributed by atoms with E-state index in [2.05, 4.69) is 100 Å². The monoisotopic (exact) mass is 582 g/mol. The summed E-state index contributed by atoms with van der Waals surface area (Å²) in [4.78, 5) is 12.6. The van der Waals surface area contributed by atoms with Gasteiger partial charge in [0, 0.05) is 29.2 Å². The molecule has 0 heterocycles. The first-order chi connectivity index (χ1) is 21.5. The molecule has 0 saturated heterocycles. The molecule has 5 aromatic rings. The quantitative estimate of drug-likeness (QED) is 0.0634. The molecule has 0 unspecified atom stereocenters. The molecule has 5 rings (SSSR count). The lowest BCUT2D eigenvalue weighted by Gasteiger charge is -2.25. The van der Waals surface area contributed by atoms with Gasteiger partial charge in [0.25, 0.3) is 5.69 Å². The van der Waals surface area contributed by atoms with Crippen LogP contribution in [-0.2, 0) is 0 Å². The molecule has 5 aromatic carbocycles. The summed E-state index contributed by atoms with van der Waals surface area (Å²) in [6.45, 7) is 4.56. The lowest BCUT2D eigenvalue weighted by molar-refractivity contribution is -0.384. The van der Waals surface area contributed by atoms with Gasteiger partial charge in [-0.25, -0.2) is 0 Å². The van der Waals surface area contributed by atoms with Crippen LogP contribution in [0.15, 0.2) is 138 Å². The lowest BCUT2D eigenvalue weighted by Crippen LogP contribution is -2.09. The van der Waals surface area contributed by atoms with Gasteiger partial charge in [-0.3, -0.25) is 10.1 Å². The molecule has 7 heteroatoms. The molecule has 0 aliphatic carbocycles. The number of nitro benzene ring substituents is 1. The molecule has 44 heavy (non-hydrogen) atoms. The summed E-state index contributed by atoms with van der Waals surface area (Å²) in [6, 6.07) is 39.3. The van der Waals surface area contributed by atoms with Crippen molar-refractivity contribution in [2.45, 2.75) is 26.7 Å². The van der Waals surface area contributed by atoms with Gasteiger partial charge in [-0.1, -0.05) is 60.7 Å². The van der Waals surface area contributed by atoms with E-state index in [9.17, 15) is 10.1 Å². The van der Waals surface area contributed by atoms with E-state index in [-0.39, 0.29) is 5.69 Å². The number of ether oxygens (including phenoxy) is 1. The van der Waals surface area contributed by atoms with Crippen LogP contribution in [0.5, 0.6) is 5.75 Å². The van der Waals surface area contributed by atoms with Crippen LogP contribution in [0.4, 0.5) is 34.1 Å². The highest BCUT2D eigenvalue weighted by Crippen LogP contribution is 2.34. The van der Waals surface area contributed by atoms with E-state index in [0.29, 0.717) is 12.3 Å². The number of allylic oxidation sites excluding steroid dienone is 1. The van der Waals surface area contributed by atoms with Gasteiger partial charge in [0.05, 0.1) is 22.9 Å². The van der Waals surface area contributed by atoms with Crippen LogP contribution in [0.3, 0.4) is 0 Å². The molecule has 0 bridgehead atoms. The van der Waals surface area contributed by atoms with Crippen molar-refractivity contribution in [2.24, 2.45) is 10.2 Å². The molecule has 0 amide bonds. The highest BCUT2D eigenvalue weighted by Gasteiger charge is 2.11. The number of anilines is 3. The van der Waals surface area contributed by atoms with Crippen LogP contribution in [0.1, 0.15) is 29.5 Å². The summed E-state index contributed by atoms with van der Waals surface area (Å²) < 4.78 is 6.07. The van der Waals surface area contributed by atoms with E-state index < -0.39 is 4.92 Å². The molecular formula is C37H34N4O3. The molecule has 0 aliphatic rings. The Morgan fingerprint density at radius 3 is 1.98 bits per heavy atom. The van der Waals surface area contributed by atoms with E-state index >= 15 is 0 Å². The van der Waals surface area contributed by atoms with E-state index in [1.807, 2.05) is 38.1 Å². The van der Waals surface area contributed by atoms with Gasteiger partial charge in [-0.15, -0.1) is 0 Å². The molecule has 0 aromatic heterocycles. The number of rotatable bonds is 12. The second kappa shape index (κ2) is 14.6. The van der Waals surface area contributed by atoms with Crippen molar-refractivity contribution in [3.63, 3.8) is 0 Å². The third-order valence-electron chi connectivity index (χ3n) is 7.09. The number of hydrogen-bond donors (Lipinski definition) is 0. The largest absolute Gasteiger partial charge is 0.493 e. The molecule has 0 atom stereocenters. The number of para-hydroxylation sites is 2. The number of nitro groups is 1. The highest BCUT2D eigenvalue weighted by atomic mass is 16.6. The Morgan fingerprint density at radius 2 is 1.36 bits per heavy atom. The third-order valence-corrected chi connectivity index (χ3v) is 7.09. The van der Waals surface area contributed by atoms with E-state index in [1.54, 1.807) is 12.1 Å². The topological polar surface area (TPSA) is 80.3 Å². The smallest absolute Gasteiger partial charge is 0.269 e. The number of aryl methyl sites for hydroxylation is 2. The number of hydrogen-bond acceptors (Lipinski definition) is 6. The minimum atomic E-state index is -0.436. The van der Waals surface area contributed by atoms with Gasteiger partial charge in [-0.05, 0) is 104 Å².